The lowest BCUT2D eigenvalue weighted by molar-refractivity contribution is -0.113. The molecular formula is C22H21BrClN5O4S. The number of hydrogen-bond acceptors (Lipinski definition) is 6. The number of hydrogen-bond donors (Lipinski definition) is 3. The first kappa shape index (κ1) is 25.7. The summed E-state index contributed by atoms with van der Waals surface area (Å²) < 4.78 is 2.51. The molecule has 0 bridgehead atoms. The molecule has 1 atom stereocenters. The van der Waals surface area contributed by atoms with E-state index in [1.54, 1.807) is 18.2 Å². The summed E-state index contributed by atoms with van der Waals surface area (Å²) in [6.45, 7) is 4.26. The summed E-state index contributed by atoms with van der Waals surface area (Å²) in [5.74, 6) is -1.19. The van der Waals surface area contributed by atoms with E-state index in [1.807, 2.05) is 24.5 Å². The molecule has 2 aromatic carbocycles. The average molecular weight is 567 g/mol. The first-order valence-corrected chi connectivity index (χ1v) is 12.3. The summed E-state index contributed by atoms with van der Waals surface area (Å²) >= 11 is 10.6. The van der Waals surface area contributed by atoms with E-state index in [-0.39, 0.29) is 33.8 Å². The van der Waals surface area contributed by atoms with Gasteiger partial charge in [0.2, 0.25) is 5.91 Å². The standard InChI is InChI=1S/C22H21BrClN5O4S/c1-3-29-19(12(2)25-20(31)14-6-4-5-7-15(14)23)27-28-22(29)34-11-18(30)26-17-10-13(21(32)33)8-9-16(17)24/h4-10,12H,3,11H2,1-2H3,(H,25,31)(H,26,30)(H,32,33). The predicted octanol–water partition coefficient (Wildman–Crippen LogP) is 4.63. The fourth-order valence-electron chi connectivity index (χ4n) is 3.08. The maximum atomic E-state index is 12.6. The zero-order chi connectivity index (χ0) is 24.8. The smallest absolute Gasteiger partial charge is 0.335 e. The van der Waals surface area contributed by atoms with Crippen molar-refractivity contribution in [3.05, 3.63) is 68.9 Å². The van der Waals surface area contributed by atoms with Gasteiger partial charge in [0, 0.05) is 11.0 Å². The van der Waals surface area contributed by atoms with Gasteiger partial charge in [0.05, 0.1) is 33.6 Å². The van der Waals surface area contributed by atoms with Gasteiger partial charge in [0.15, 0.2) is 11.0 Å². The molecule has 0 saturated heterocycles. The Kier molecular flexibility index (Phi) is 8.70. The van der Waals surface area contributed by atoms with E-state index in [0.717, 1.165) is 0 Å². The Hall–Kier alpha value is -2.89. The molecule has 12 heteroatoms. The number of carbonyl (C=O) groups is 3. The predicted molar refractivity (Wildman–Crippen MR) is 133 cm³/mol. The Morgan fingerprint density at radius 1 is 1.21 bits per heavy atom. The third-order valence-corrected chi connectivity index (χ3v) is 6.72. The van der Waals surface area contributed by atoms with Gasteiger partial charge < -0.3 is 20.3 Å². The number of nitrogens with one attached hydrogen (secondary N) is 2. The normalized spacial score (nSPS) is 11.6. The number of carboxylic acids is 1. The zero-order valence-electron chi connectivity index (χ0n) is 18.2. The van der Waals surface area contributed by atoms with Gasteiger partial charge in [-0.05, 0) is 60.1 Å². The fraction of sp³-hybridized carbons (Fsp3) is 0.227. The maximum Gasteiger partial charge on any atom is 0.335 e. The second-order valence-electron chi connectivity index (χ2n) is 7.10. The van der Waals surface area contributed by atoms with Crippen LogP contribution in [-0.4, -0.2) is 43.4 Å². The number of amides is 2. The van der Waals surface area contributed by atoms with Crippen LogP contribution >= 0.6 is 39.3 Å². The minimum absolute atomic E-state index is 0.00344. The SMILES string of the molecule is CCn1c(SCC(=O)Nc2cc(C(=O)O)ccc2Cl)nnc1C(C)NC(=O)c1ccccc1Br. The van der Waals surface area contributed by atoms with E-state index in [9.17, 15) is 14.4 Å². The number of aromatic carboxylic acids is 1. The molecule has 0 fully saturated rings. The molecule has 1 heterocycles. The molecule has 0 aliphatic heterocycles. The molecule has 178 valence electrons. The molecule has 3 rings (SSSR count). The molecule has 2 amide bonds. The van der Waals surface area contributed by atoms with Crippen molar-refractivity contribution < 1.29 is 19.5 Å². The van der Waals surface area contributed by atoms with Crippen molar-refractivity contribution in [3.8, 4) is 0 Å². The lowest BCUT2D eigenvalue weighted by atomic mass is 10.2. The molecule has 1 aromatic heterocycles. The highest BCUT2D eigenvalue weighted by atomic mass is 79.9. The number of aromatic nitrogens is 3. The van der Waals surface area contributed by atoms with Crippen molar-refractivity contribution >= 4 is 62.8 Å². The summed E-state index contributed by atoms with van der Waals surface area (Å²) in [6, 6.07) is 10.8. The van der Waals surface area contributed by atoms with Gasteiger partial charge >= 0.3 is 5.97 Å². The monoisotopic (exact) mass is 565 g/mol. The third kappa shape index (κ3) is 6.16. The maximum absolute atomic E-state index is 12.6. The van der Waals surface area contributed by atoms with Crippen LogP contribution in [0.1, 0.15) is 46.4 Å². The Labute approximate surface area is 213 Å². The Bertz CT molecular complexity index is 1240. The highest BCUT2D eigenvalue weighted by Crippen LogP contribution is 2.25. The number of rotatable bonds is 9. The molecule has 0 aliphatic carbocycles. The molecule has 0 aliphatic rings. The van der Waals surface area contributed by atoms with E-state index in [4.69, 9.17) is 16.7 Å². The van der Waals surface area contributed by atoms with Crippen molar-refractivity contribution in [3.63, 3.8) is 0 Å². The number of thioether (sulfide) groups is 1. The summed E-state index contributed by atoms with van der Waals surface area (Å²) in [5.41, 5.74) is 0.739. The average Bonchev–Trinajstić information content (AvgIpc) is 3.22. The Balaban J connectivity index is 1.66. The summed E-state index contributed by atoms with van der Waals surface area (Å²) in [6.07, 6.45) is 0. The largest absolute Gasteiger partial charge is 0.478 e. The molecular weight excluding hydrogens is 546 g/mol. The molecule has 1 unspecified atom stereocenters. The van der Waals surface area contributed by atoms with Gasteiger partial charge in [-0.15, -0.1) is 10.2 Å². The van der Waals surface area contributed by atoms with Crippen LogP contribution in [-0.2, 0) is 11.3 Å². The zero-order valence-corrected chi connectivity index (χ0v) is 21.4. The van der Waals surface area contributed by atoms with E-state index in [2.05, 4.69) is 36.8 Å². The summed E-state index contributed by atoms with van der Waals surface area (Å²) in [7, 11) is 0. The number of anilines is 1. The summed E-state index contributed by atoms with van der Waals surface area (Å²) in [4.78, 5) is 36.2. The fourth-order valence-corrected chi connectivity index (χ4v) is 4.52. The third-order valence-electron chi connectivity index (χ3n) is 4.73. The van der Waals surface area contributed by atoms with Gasteiger partial charge in [-0.25, -0.2) is 4.79 Å². The van der Waals surface area contributed by atoms with Crippen LogP contribution in [0.25, 0.3) is 0 Å². The van der Waals surface area contributed by atoms with Gasteiger partial charge in [-0.3, -0.25) is 9.59 Å². The second kappa shape index (κ2) is 11.5. The van der Waals surface area contributed by atoms with E-state index >= 15 is 0 Å². The van der Waals surface area contributed by atoms with E-state index < -0.39 is 12.0 Å². The molecule has 0 radical (unpaired) electrons. The topological polar surface area (TPSA) is 126 Å². The van der Waals surface area contributed by atoms with Crippen LogP contribution in [0.2, 0.25) is 5.02 Å². The van der Waals surface area contributed by atoms with Gasteiger partial charge in [-0.1, -0.05) is 35.5 Å². The van der Waals surface area contributed by atoms with Crippen LogP contribution in [0.4, 0.5) is 5.69 Å². The molecule has 3 N–H and O–H groups in total. The van der Waals surface area contributed by atoms with Crippen molar-refractivity contribution in [2.75, 3.05) is 11.1 Å². The molecule has 9 nitrogen and oxygen atoms in total. The minimum atomic E-state index is -1.12. The van der Waals surface area contributed by atoms with E-state index in [1.165, 1.54) is 30.0 Å². The number of halogens is 2. The summed E-state index contributed by atoms with van der Waals surface area (Å²) in [5, 5.41) is 23.8. The Morgan fingerprint density at radius 3 is 2.62 bits per heavy atom. The van der Waals surface area contributed by atoms with Crippen molar-refractivity contribution in [2.45, 2.75) is 31.6 Å². The van der Waals surface area contributed by atoms with Crippen molar-refractivity contribution in [1.82, 2.24) is 20.1 Å². The minimum Gasteiger partial charge on any atom is -0.478 e. The first-order chi connectivity index (χ1) is 16.2. The van der Waals surface area contributed by atoms with Crippen LogP contribution in [0.15, 0.2) is 52.1 Å². The second-order valence-corrected chi connectivity index (χ2v) is 9.30. The first-order valence-electron chi connectivity index (χ1n) is 10.1. The molecule has 34 heavy (non-hydrogen) atoms. The van der Waals surface area contributed by atoms with E-state index in [0.29, 0.717) is 27.6 Å². The van der Waals surface area contributed by atoms with Crippen LogP contribution in [0.3, 0.4) is 0 Å². The quantitative estimate of drug-likeness (QED) is 0.322. The van der Waals surface area contributed by atoms with Crippen molar-refractivity contribution in [1.29, 1.82) is 0 Å². The van der Waals surface area contributed by atoms with Crippen LogP contribution in [0, 0.1) is 0 Å². The van der Waals surface area contributed by atoms with Crippen LogP contribution < -0.4 is 10.6 Å². The highest BCUT2D eigenvalue weighted by molar-refractivity contribution is 9.10. The van der Waals surface area contributed by atoms with Gasteiger partial charge in [0.1, 0.15) is 0 Å². The Morgan fingerprint density at radius 2 is 1.94 bits per heavy atom. The lowest BCUT2D eigenvalue weighted by Crippen LogP contribution is -2.29. The number of carboxylic acid groups (broad SMARTS) is 1. The lowest BCUT2D eigenvalue weighted by Gasteiger charge is -2.15. The highest BCUT2D eigenvalue weighted by Gasteiger charge is 2.21. The van der Waals surface area contributed by atoms with Crippen LogP contribution in [0.5, 0.6) is 0 Å². The number of benzene rings is 2. The van der Waals surface area contributed by atoms with Crippen molar-refractivity contribution in [2.24, 2.45) is 0 Å². The number of carbonyl (C=O) groups excluding carboxylic acids is 2. The van der Waals surface area contributed by atoms with Gasteiger partial charge in [0.25, 0.3) is 5.91 Å². The molecule has 0 spiro atoms. The van der Waals surface area contributed by atoms with Gasteiger partial charge in [-0.2, -0.15) is 0 Å². The number of nitrogens with zero attached hydrogens (tertiary/aromatic N) is 3. The molecule has 0 saturated carbocycles. The molecule has 3 aromatic rings.